The molecular weight excluding hydrogens is 386 g/mol. The van der Waals surface area contributed by atoms with Crippen LogP contribution in [-0.4, -0.2) is 59.6 Å². The first-order valence-electron chi connectivity index (χ1n) is 12.0. The van der Waals surface area contributed by atoms with Gasteiger partial charge < -0.3 is 9.47 Å². The molecule has 4 atom stereocenters. The van der Waals surface area contributed by atoms with Gasteiger partial charge in [-0.2, -0.15) is 11.8 Å². The Morgan fingerprint density at radius 1 is 1.03 bits per heavy atom. The molecular formula is C23H41NO4S. The minimum absolute atomic E-state index is 0.229. The van der Waals surface area contributed by atoms with Crippen LogP contribution in [0, 0.1) is 11.8 Å². The van der Waals surface area contributed by atoms with E-state index in [0.29, 0.717) is 42.1 Å². The van der Waals surface area contributed by atoms with Crippen molar-refractivity contribution in [2.45, 2.75) is 101 Å². The molecule has 0 aromatic heterocycles. The lowest BCUT2D eigenvalue weighted by atomic mass is 9.77. The quantitative estimate of drug-likeness (QED) is 0.253. The number of nitrogens with zero attached hydrogens (tertiary/aromatic N) is 1. The Kier molecular flexibility index (Phi) is 10.1. The Morgan fingerprint density at radius 3 is 2.55 bits per heavy atom. The van der Waals surface area contributed by atoms with Crippen LogP contribution in [0.2, 0.25) is 0 Å². The summed E-state index contributed by atoms with van der Waals surface area (Å²) in [6.07, 6.45) is 16.5. The van der Waals surface area contributed by atoms with Crippen molar-refractivity contribution in [1.29, 1.82) is 0 Å². The minimum Gasteiger partial charge on any atom is -0.381 e. The van der Waals surface area contributed by atoms with Crippen LogP contribution in [0.3, 0.4) is 0 Å². The number of thioether (sulfide) groups is 1. The van der Waals surface area contributed by atoms with Crippen LogP contribution >= 0.6 is 11.8 Å². The fraction of sp³-hybridized carbons (Fsp3) is 0.957. The summed E-state index contributed by atoms with van der Waals surface area (Å²) in [5.41, 5.74) is 0. The van der Waals surface area contributed by atoms with Crippen molar-refractivity contribution in [2.24, 2.45) is 11.8 Å². The molecule has 3 fully saturated rings. The van der Waals surface area contributed by atoms with Gasteiger partial charge >= 0.3 is 0 Å². The van der Waals surface area contributed by atoms with Crippen molar-refractivity contribution in [1.82, 2.24) is 5.06 Å². The number of unbranched alkanes of at least 4 members (excludes halogenated alkanes) is 2. The summed E-state index contributed by atoms with van der Waals surface area (Å²) in [4.78, 5) is 11.4. The second-order valence-corrected chi connectivity index (χ2v) is 10.6. The molecule has 2 bridgehead atoms. The fourth-order valence-corrected chi connectivity index (χ4v) is 6.70. The lowest BCUT2D eigenvalue weighted by Gasteiger charge is -2.28. The predicted octanol–water partition coefficient (Wildman–Crippen LogP) is 5.05. The van der Waals surface area contributed by atoms with E-state index in [-0.39, 0.29) is 5.91 Å². The Balaban J connectivity index is 1.26. The SMILES string of the molecule is CN(O)C(=O)CCCCOC[C@@H]1[C@H](CCCCSC2CCCCC2)[C@@H]2CC[C@H]1O2. The highest BCUT2D eigenvalue weighted by molar-refractivity contribution is 7.99. The molecule has 2 saturated heterocycles. The number of carbonyl (C=O) groups excluding carboxylic acids is 1. The van der Waals surface area contributed by atoms with E-state index >= 15 is 0 Å². The van der Waals surface area contributed by atoms with E-state index < -0.39 is 0 Å². The van der Waals surface area contributed by atoms with Gasteiger partial charge in [0.15, 0.2) is 0 Å². The van der Waals surface area contributed by atoms with Crippen LogP contribution in [-0.2, 0) is 14.3 Å². The van der Waals surface area contributed by atoms with Gasteiger partial charge in [-0.15, -0.1) is 0 Å². The average Bonchev–Trinajstić information content (AvgIpc) is 3.33. The number of ether oxygens (including phenoxy) is 2. The Bertz CT molecular complexity index is 483. The summed E-state index contributed by atoms with van der Waals surface area (Å²) < 4.78 is 12.2. The topological polar surface area (TPSA) is 59.0 Å². The van der Waals surface area contributed by atoms with E-state index in [1.54, 1.807) is 0 Å². The first-order valence-corrected chi connectivity index (χ1v) is 13.0. The zero-order valence-electron chi connectivity index (χ0n) is 18.2. The predicted molar refractivity (Wildman–Crippen MR) is 117 cm³/mol. The Hall–Kier alpha value is -0.300. The maximum Gasteiger partial charge on any atom is 0.245 e. The largest absolute Gasteiger partial charge is 0.381 e. The van der Waals surface area contributed by atoms with Crippen LogP contribution in [0.25, 0.3) is 0 Å². The van der Waals surface area contributed by atoms with Crippen LogP contribution < -0.4 is 0 Å². The second kappa shape index (κ2) is 12.5. The van der Waals surface area contributed by atoms with Crippen LogP contribution in [0.5, 0.6) is 0 Å². The normalized spacial score (nSPS) is 29.4. The second-order valence-electron chi connectivity index (χ2n) is 9.19. The van der Waals surface area contributed by atoms with E-state index in [9.17, 15) is 4.79 Å². The molecule has 1 amide bonds. The number of rotatable bonds is 13. The van der Waals surface area contributed by atoms with Crippen molar-refractivity contribution in [3.8, 4) is 0 Å². The molecule has 29 heavy (non-hydrogen) atoms. The maximum atomic E-state index is 11.4. The van der Waals surface area contributed by atoms with Gasteiger partial charge in [-0.05, 0) is 63.0 Å². The van der Waals surface area contributed by atoms with Crippen molar-refractivity contribution in [2.75, 3.05) is 26.0 Å². The van der Waals surface area contributed by atoms with E-state index in [4.69, 9.17) is 14.7 Å². The van der Waals surface area contributed by atoms with E-state index in [0.717, 1.165) is 24.7 Å². The summed E-state index contributed by atoms with van der Waals surface area (Å²) in [5, 5.41) is 10.7. The van der Waals surface area contributed by atoms with Gasteiger partial charge in [-0.1, -0.05) is 25.7 Å². The van der Waals surface area contributed by atoms with Gasteiger partial charge in [0.1, 0.15) is 0 Å². The smallest absolute Gasteiger partial charge is 0.245 e. The number of carbonyl (C=O) groups is 1. The van der Waals surface area contributed by atoms with Gasteiger partial charge in [0.05, 0.1) is 18.8 Å². The number of fused-ring (bicyclic) bond motifs is 2. The van der Waals surface area contributed by atoms with Crippen LogP contribution in [0.15, 0.2) is 0 Å². The molecule has 6 heteroatoms. The fourth-order valence-electron chi connectivity index (χ4n) is 5.33. The Labute approximate surface area is 181 Å². The van der Waals surface area contributed by atoms with Gasteiger partial charge in [0.25, 0.3) is 0 Å². The lowest BCUT2D eigenvalue weighted by molar-refractivity contribution is -0.159. The van der Waals surface area contributed by atoms with Crippen LogP contribution in [0.1, 0.15) is 83.5 Å². The molecule has 0 spiro atoms. The summed E-state index contributed by atoms with van der Waals surface area (Å²) in [7, 11) is 1.38. The summed E-state index contributed by atoms with van der Waals surface area (Å²) in [6.45, 7) is 1.50. The molecule has 0 radical (unpaired) electrons. The van der Waals surface area contributed by atoms with Crippen molar-refractivity contribution < 1.29 is 19.5 Å². The van der Waals surface area contributed by atoms with Gasteiger partial charge in [-0.25, -0.2) is 5.06 Å². The zero-order valence-corrected chi connectivity index (χ0v) is 19.0. The molecule has 1 saturated carbocycles. The summed E-state index contributed by atoms with van der Waals surface area (Å²) in [6, 6.07) is 0. The van der Waals surface area contributed by atoms with Crippen molar-refractivity contribution >= 4 is 17.7 Å². The zero-order chi connectivity index (χ0) is 20.5. The van der Waals surface area contributed by atoms with E-state index in [1.165, 1.54) is 77.0 Å². The third-order valence-corrected chi connectivity index (χ3v) is 8.50. The number of hydrogen-bond acceptors (Lipinski definition) is 5. The number of hydroxylamine groups is 2. The third-order valence-electron chi connectivity index (χ3n) is 7.03. The molecule has 0 aromatic carbocycles. The monoisotopic (exact) mass is 427 g/mol. The number of amides is 1. The molecule has 0 aromatic rings. The Morgan fingerprint density at radius 2 is 1.79 bits per heavy atom. The third kappa shape index (κ3) is 7.41. The maximum absolute atomic E-state index is 11.4. The van der Waals surface area contributed by atoms with E-state index in [1.807, 2.05) is 0 Å². The molecule has 5 nitrogen and oxygen atoms in total. The summed E-state index contributed by atoms with van der Waals surface area (Å²) >= 11 is 2.22. The van der Waals surface area contributed by atoms with E-state index in [2.05, 4.69) is 11.8 Å². The van der Waals surface area contributed by atoms with Crippen LogP contribution in [0.4, 0.5) is 0 Å². The molecule has 2 heterocycles. The highest BCUT2D eigenvalue weighted by Gasteiger charge is 2.48. The van der Waals surface area contributed by atoms with Crippen molar-refractivity contribution in [3.05, 3.63) is 0 Å². The molecule has 168 valence electrons. The number of hydrogen-bond donors (Lipinski definition) is 1. The van der Waals surface area contributed by atoms with Gasteiger partial charge in [0, 0.05) is 31.2 Å². The standard InChI is InChI=1S/C23H41NO4S/c1-24(26)23(25)12-5-7-15-27-17-20-19(21-13-14-22(20)28-21)11-6-8-16-29-18-9-3-2-4-10-18/h18-22,26H,2-17H2,1H3/t19-,20+,21-,22+/m0/s1. The highest BCUT2D eigenvalue weighted by Crippen LogP contribution is 2.45. The van der Waals surface area contributed by atoms with Crippen molar-refractivity contribution in [3.63, 3.8) is 0 Å². The first-order chi connectivity index (χ1) is 14.1. The van der Waals surface area contributed by atoms with Gasteiger partial charge in [-0.3, -0.25) is 10.0 Å². The molecule has 1 N–H and O–H groups in total. The minimum atomic E-state index is -0.229. The molecule has 1 aliphatic carbocycles. The molecule has 3 rings (SSSR count). The average molecular weight is 428 g/mol. The highest BCUT2D eigenvalue weighted by atomic mass is 32.2. The summed E-state index contributed by atoms with van der Waals surface area (Å²) in [5.74, 6) is 2.34. The molecule has 0 unspecified atom stereocenters. The molecule has 2 aliphatic heterocycles. The lowest BCUT2D eigenvalue weighted by Crippen LogP contribution is -2.31. The first kappa shape index (κ1) is 23.4. The van der Waals surface area contributed by atoms with Gasteiger partial charge in [0.2, 0.25) is 5.91 Å². The molecule has 3 aliphatic rings.